The first kappa shape index (κ1) is 14.8. The lowest BCUT2D eigenvalue weighted by Gasteiger charge is -2.08. The maximum absolute atomic E-state index is 6.09. The fraction of sp³-hybridized carbons (Fsp3) is 0.368. The van der Waals surface area contributed by atoms with Crippen molar-refractivity contribution in [1.82, 2.24) is 9.97 Å². The highest BCUT2D eigenvalue weighted by Gasteiger charge is 2.08. The van der Waals surface area contributed by atoms with Gasteiger partial charge in [-0.25, -0.2) is 4.98 Å². The molecule has 3 nitrogen and oxygen atoms in total. The van der Waals surface area contributed by atoms with Crippen molar-refractivity contribution in [3.63, 3.8) is 0 Å². The van der Waals surface area contributed by atoms with Gasteiger partial charge >= 0.3 is 0 Å². The molecular formula is C19H23N3. The van der Waals surface area contributed by atoms with Crippen molar-refractivity contribution < 1.29 is 0 Å². The lowest BCUT2D eigenvalue weighted by Crippen LogP contribution is -1.97. The Kier molecular flexibility index (Phi) is 4.23. The summed E-state index contributed by atoms with van der Waals surface area (Å²) in [6.45, 7) is 4.31. The molecule has 0 aliphatic carbocycles. The van der Waals surface area contributed by atoms with Crippen molar-refractivity contribution in [2.45, 2.75) is 46.0 Å². The van der Waals surface area contributed by atoms with Crippen molar-refractivity contribution in [3.05, 3.63) is 41.6 Å². The monoisotopic (exact) mass is 293 g/mol. The molecule has 0 unspecified atom stereocenters. The van der Waals surface area contributed by atoms with E-state index in [1.54, 1.807) is 0 Å². The second kappa shape index (κ2) is 6.30. The van der Waals surface area contributed by atoms with Crippen LogP contribution in [0.1, 0.15) is 43.7 Å². The van der Waals surface area contributed by atoms with Crippen LogP contribution in [0.25, 0.3) is 21.8 Å². The van der Waals surface area contributed by atoms with E-state index >= 15 is 0 Å². The van der Waals surface area contributed by atoms with Crippen LogP contribution in [-0.2, 0) is 6.42 Å². The smallest absolute Gasteiger partial charge is 0.150 e. The molecule has 0 spiro atoms. The van der Waals surface area contributed by atoms with Gasteiger partial charge in [-0.3, -0.25) is 4.98 Å². The number of aryl methyl sites for hydroxylation is 2. The van der Waals surface area contributed by atoms with Crippen LogP contribution in [0.5, 0.6) is 0 Å². The van der Waals surface area contributed by atoms with Gasteiger partial charge in [0.2, 0.25) is 0 Å². The molecule has 0 atom stereocenters. The fourth-order valence-corrected chi connectivity index (χ4v) is 2.95. The molecule has 2 aromatic heterocycles. The first-order valence-electron chi connectivity index (χ1n) is 8.13. The molecule has 0 amide bonds. The quantitative estimate of drug-likeness (QED) is 0.543. The van der Waals surface area contributed by atoms with Crippen molar-refractivity contribution in [3.8, 4) is 0 Å². The SMILES string of the molecule is CCCCCCc1cnc2c(N)nc3cc(C)ccc3c2c1. The van der Waals surface area contributed by atoms with E-state index in [1.165, 1.54) is 36.8 Å². The van der Waals surface area contributed by atoms with Crippen molar-refractivity contribution in [2.75, 3.05) is 5.73 Å². The van der Waals surface area contributed by atoms with Crippen molar-refractivity contribution in [2.24, 2.45) is 0 Å². The zero-order valence-electron chi connectivity index (χ0n) is 13.4. The number of nitrogen functional groups attached to an aromatic ring is 1. The first-order valence-corrected chi connectivity index (χ1v) is 8.13. The van der Waals surface area contributed by atoms with Gasteiger partial charge in [-0.2, -0.15) is 0 Å². The third-order valence-electron chi connectivity index (χ3n) is 4.19. The Balaban J connectivity index is 2.03. The number of rotatable bonds is 5. The zero-order valence-corrected chi connectivity index (χ0v) is 13.4. The minimum atomic E-state index is 0.519. The van der Waals surface area contributed by atoms with Crippen LogP contribution >= 0.6 is 0 Å². The molecule has 3 aromatic rings. The Labute approximate surface area is 131 Å². The normalized spacial score (nSPS) is 11.4. The van der Waals surface area contributed by atoms with Crippen LogP contribution in [0.3, 0.4) is 0 Å². The van der Waals surface area contributed by atoms with Crippen LogP contribution in [0.2, 0.25) is 0 Å². The number of benzene rings is 1. The van der Waals surface area contributed by atoms with Gasteiger partial charge < -0.3 is 5.73 Å². The van der Waals surface area contributed by atoms with E-state index in [0.29, 0.717) is 5.82 Å². The maximum Gasteiger partial charge on any atom is 0.150 e. The summed E-state index contributed by atoms with van der Waals surface area (Å²) in [5, 5.41) is 2.26. The number of hydrogen-bond donors (Lipinski definition) is 1. The highest BCUT2D eigenvalue weighted by atomic mass is 14.9. The second-order valence-electron chi connectivity index (χ2n) is 6.07. The van der Waals surface area contributed by atoms with Gasteiger partial charge in [0, 0.05) is 17.0 Å². The fourth-order valence-electron chi connectivity index (χ4n) is 2.95. The third kappa shape index (κ3) is 2.89. The highest BCUT2D eigenvalue weighted by molar-refractivity contribution is 6.08. The summed E-state index contributed by atoms with van der Waals surface area (Å²) in [5.74, 6) is 0.519. The summed E-state index contributed by atoms with van der Waals surface area (Å²) < 4.78 is 0. The lowest BCUT2D eigenvalue weighted by atomic mass is 10.0. The summed E-state index contributed by atoms with van der Waals surface area (Å²) in [5.41, 5.74) is 10.3. The molecule has 0 aliphatic heterocycles. The molecule has 0 saturated heterocycles. The number of pyridine rings is 2. The summed E-state index contributed by atoms with van der Waals surface area (Å²) in [6.07, 6.45) is 8.11. The summed E-state index contributed by atoms with van der Waals surface area (Å²) in [7, 11) is 0. The molecule has 0 bridgehead atoms. The van der Waals surface area contributed by atoms with Crippen molar-refractivity contribution >= 4 is 27.6 Å². The largest absolute Gasteiger partial charge is 0.382 e. The first-order chi connectivity index (χ1) is 10.7. The van der Waals surface area contributed by atoms with Gasteiger partial charge in [-0.15, -0.1) is 0 Å². The number of fused-ring (bicyclic) bond motifs is 3. The Morgan fingerprint density at radius 1 is 1.05 bits per heavy atom. The standard InChI is InChI=1S/C19H23N3/c1-3-4-5-6-7-14-11-16-15-9-8-13(2)10-17(15)22-19(20)18(16)21-12-14/h8-12H,3-7H2,1-2H3,(H2,20,22). The van der Waals surface area contributed by atoms with Crippen molar-refractivity contribution in [1.29, 1.82) is 0 Å². The van der Waals surface area contributed by atoms with E-state index in [2.05, 4.69) is 48.1 Å². The lowest BCUT2D eigenvalue weighted by molar-refractivity contribution is 0.666. The predicted octanol–water partition coefficient (Wildman–Crippen LogP) is 4.80. The molecular weight excluding hydrogens is 270 g/mol. The Hall–Kier alpha value is -2.16. The highest BCUT2D eigenvalue weighted by Crippen LogP contribution is 2.28. The molecule has 114 valence electrons. The van der Waals surface area contributed by atoms with Crippen LogP contribution in [0.4, 0.5) is 5.82 Å². The van der Waals surface area contributed by atoms with Gasteiger partial charge in [0.15, 0.2) is 5.82 Å². The third-order valence-corrected chi connectivity index (χ3v) is 4.19. The summed E-state index contributed by atoms with van der Waals surface area (Å²) >= 11 is 0. The van der Waals surface area contributed by atoms with E-state index in [9.17, 15) is 0 Å². The number of hydrogen-bond acceptors (Lipinski definition) is 3. The summed E-state index contributed by atoms with van der Waals surface area (Å²) in [4.78, 5) is 9.06. The molecule has 2 heterocycles. The van der Waals surface area contributed by atoms with E-state index in [0.717, 1.165) is 28.2 Å². The number of anilines is 1. The van der Waals surface area contributed by atoms with E-state index in [1.807, 2.05) is 6.20 Å². The van der Waals surface area contributed by atoms with Crippen LogP contribution in [0.15, 0.2) is 30.5 Å². The maximum atomic E-state index is 6.09. The molecule has 2 N–H and O–H groups in total. The molecule has 0 saturated carbocycles. The molecule has 3 rings (SSSR count). The second-order valence-corrected chi connectivity index (χ2v) is 6.07. The zero-order chi connectivity index (χ0) is 15.5. The number of nitrogens with two attached hydrogens (primary N) is 1. The summed E-state index contributed by atoms with van der Waals surface area (Å²) in [6, 6.07) is 8.57. The molecule has 3 heteroatoms. The molecule has 22 heavy (non-hydrogen) atoms. The number of unbranched alkanes of at least 4 members (excludes halogenated alkanes) is 3. The van der Waals surface area contributed by atoms with E-state index < -0.39 is 0 Å². The van der Waals surface area contributed by atoms with Crippen LogP contribution in [-0.4, -0.2) is 9.97 Å². The minimum absolute atomic E-state index is 0.519. The molecule has 0 radical (unpaired) electrons. The van der Waals surface area contributed by atoms with Gasteiger partial charge in [0.1, 0.15) is 5.52 Å². The van der Waals surface area contributed by atoms with Gasteiger partial charge in [0.05, 0.1) is 5.52 Å². The Morgan fingerprint density at radius 3 is 2.73 bits per heavy atom. The average Bonchev–Trinajstić information content (AvgIpc) is 2.51. The van der Waals surface area contributed by atoms with Gasteiger partial charge in [0.25, 0.3) is 0 Å². The molecule has 1 aromatic carbocycles. The topological polar surface area (TPSA) is 51.8 Å². The predicted molar refractivity (Wildman–Crippen MR) is 94.0 cm³/mol. The average molecular weight is 293 g/mol. The van der Waals surface area contributed by atoms with E-state index in [-0.39, 0.29) is 0 Å². The number of nitrogens with zero attached hydrogens (tertiary/aromatic N) is 2. The molecule has 0 fully saturated rings. The van der Waals surface area contributed by atoms with Crippen LogP contribution in [0, 0.1) is 6.92 Å². The van der Waals surface area contributed by atoms with Gasteiger partial charge in [-0.05, 0) is 43.0 Å². The van der Waals surface area contributed by atoms with Crippen LogP contribution < -0.4 is 5.73 Å². The van der Waals surface area contributed by atoms with E-state index in [4.69, 9.17) is 5.73 Å². The minimum Gasteiger partial charge on any atom is -0.382 e. The number of aromatic nitrogens is 2. The van der Waals surface area contributed by atoms with Gasteiger partial charge in [-0.1, -0.05) is 38.3 Å². The molecule has 0 aliphatic rings. The Morgan fingerprint density at radius 2 is 1.91 bits per heavy atom. The Bertz CT molecular complexity index is 808.